The minimum atomic E-state index is -3.73. The number of anilines is 1. The fourth-order valence-corrected chi connectivity index (χ4v) is 3.82. The molecule has 1 aromatic carbocycles. The van der Waals surface area contributed by atoms with Crippen molar-refractivity contribution in [2.75, 3.05) is 4.72 Å². The maximum absolute atomic E-state index is 12.6. The lowest BCUT2D eigenvalue weighted by atomic mass is 10.1. The second kappa shape index (κ2) is 6.55. The second-order valence-corrected chi connectivity index (χ2v) is 6.92. The van der Waals surface area contributed by atoms with Crippen LogP contribution in [0.25, 0.3) is 0 Å². The molecule has 2 aromatic rings. The van der Waals surface area contributed by atoms with Crippen molar-refractivity contribution < 1.29 is 13.5 Å². The Hall–Kier alpha value is -1.44. The van der Waals surface area contributed by atoms with Gasteiger partial charge in [-0.05, 0) is 45.6 Å². The zero-order valence-corrected chi connectivity index (χ0v) is 13.8. The van der Waals surface area contributed by atoms with E-state index < -0.39 is 10.0 Å². The van der Waals surface area contributed by atoms with Crippen LogP contribution in [0, 0.1) is 0 Å². The van der Waals surface area contributed by atoms with Crippen LogP contribution in [0.15, 0.2) is 46.0 Å². The molecule has 0 amide bonds. The Bertz CT molecular complexity index is 748. The van der Waals surface area contributed by atoms with E-state index in [2.05, 4.69) is 25.6 Å². The maximum atomic E-state index is 12.6. The van der Waals surface area contributed by atoms with Gasteiger partial charge in [-0.15, -0.1) is 0 Å². The molecule has 5 nitrogen and oxygen atoms in total. The summed E-state index contributed by atoms with van der Waals surface area (Å²) < 4.78 is 28.2. The predicted molar refractivity (Wildman–Crippen MR) is 84.5 cm³/mol. The summed E-state index contributed by atoms with van der Waals surface area (Å²) in [5, 5.41) is 9.19. The maximum Gasteiger partial charge on any atom is 0.262 e. The molecule has 0 aliphatic heterocycles. The summed E-state index contributed by atoms with van der Waals surface area (Å²) in [6.07, 6.45) is 3.61. The summed E-state index contributed by atoms with van der Waals surface area (Å²) in [6, 6.07) is 6.52. The first-order valence-electron chi connectivity index (χ1n) is 6.33. The Balaban J connectivity index is 2.46. The smallest absolute Gasteiger partial charge is 0.262 e. The van der Waals surface area contributed by atoms with Crippen molar-refractivity contribution in [3.63, 3.8) is 0 Å². The van der Waals surface area contributed by atoms with Crippen molar-refractivity contribution in [2.24, 2.45) is 0 Å². The molecule has 112 valence electrons. The van der Waals surface area contributed by atoms with Gasteiger partial charge in [0.25, 0.3) is 10.0 Å². The standard InChI is InChI=1S/C14H15BrN2O3S/c1-2-11-4-3-10(9-18)7-14(11)21(19,20)17-13-5-6-16-8-12(13)15/h3-8,18H,2,9H2,1H3,(H,16,17). The van der Waals surface area contributed by atoms with Crippen molar-refractivity contribution in [3.8, 4) is 0 Å². The molecular weight excluding hydrogens is 356 g/mol. The molecule has 0 saturated carbocycles. The number of sulfonamides is 1. The zero-order chi connectivity index (χ0) is 15.5. The number of aliphatic hydroxyl groups is 1. The number of nitrogens with one attached hydrogen (secondary N) is 1. The van der Waals surface area contributed by atoms with E-state index in [4.69, 9.17) is 0 Å². The van der Waals surface area contributed by atoms with Gasteiger partial charge in [0.2, 0.25) is 0 Å². The van der Waals surface area contributed by atoms with Gasteiger partial charge in [-0.2, -0.15) is 0 Å². The predicted octanol–water partition coefficient (Wildman–Crippen LogP) is 2.70. The third-order valence-corrected chi connectivity index (χ3v) is 5.08. The zero-order valence-electron chi connectivity index (χ0n) is 11.4. The minimum Gasteiger partial charge on any atom is -0.392 e. The van der Waals surface area contributed by atoms with Crippen LogP contribution in [0.1, 0.15) is 18.1 Å². The number of benzene rings is 1. The largest absolute Gasteiger partial charge is 0.392 e. The molecule has 0 spiro atoms. The normalized spacial score (nSPS) is 11.4. The number of pyridine rings is 1. The van der Waals surface area contributed by atoms with Gasteiger partial charge in [-0.1, -0.05) is 19.1 Å². The summed E-state index contributed by atoms with van der Waals surface area (Å²) in [4.78, 5) is 4.07. The molecule has 0 atom stereocenters. The summed E-state index contributed by atoms with van der Waals surface area (Å²) in [5.41, 5.74) is 1.67. The van der Waals surface area contributed by atoms with E-state index in [1.54, 1.807) is 18.2 Å². The molecule has 0 aliphatic rings. The highest BCUT2D eigenvalue weighted by molar-refractivity contribution is 9.10. The monoisotopic (exact) mass is 370 g/mol. The SMILES string of the molecule is CCc1ccc(CO)cc1S(=O)(=O)Nc1ccncc1Br. The number of hydrogen-bond acceptors (Lipinski definition) is 4. The average molecular weight is 371 g/mol. The van der Waals surface area contributed by atoms with Gasteiger partial charge < -0.3 is 5.11 Å². The molecule has 1 heterocycles. The van der Waals surface area contributed by atoms with Gasteiger partial charge in [0.05, 0.1) is 21.7 Å². The highest BCUT2D eigenvalue weighted by Crippen LogP contribution is 2.26. The third kappa shape index (κ3) is 3.61. The Kier molecular flexibility index (Phi) is 4.97. The van der Waals surface area contributed by atoms with Crippen LogP contribution in [0.2, 0.25) is 0 Å². The van der Waals surface area contributed by atoms with Gasteiger partial charge in [0, 0.05) is 12.4 Å². The van der Waals surface area contributed by atoms with Crippen molar-refractivity contribution in [2.45, 2.75) is 24.8 Å². The van der Waals surface area contributed by atoms with E-state index in [9.17, 15) is 13.5 Å². The number of aliphatic hydroxyl groups excluding tert-OH is 1. The van der Waals surface area contributed by atoms with Crippen LogP contribution in [-0.4, -0.2) is 18.5 Å². The molecule has 1 aromatic heterocycles. The summed E-state index contributed by atoms with van der Waals surface area (Å²) >= 11 is 3.26. The van der Waals surface area contributed by atoms with Gasteiger partial charge >= 0.3 is 0 Å². The van der Waals surface area contributed by atoms with Gasteiger partial charge in [0.1, 0.15) is 0 Å². The lowest BCUT2D eigenvalue weighted by molar-refractivity contribution is 0.281. The molecule has 0 fully saturated rings. The molecule has 0 unspecified atom stereocenters. The summed E-state index contributed by atoms with van der Waals surface area (Å²) in [7, 11) is -3.73. The highest BCUT2D eigenvalue weighted by atomic mass is 79.9. The fraction of sp³-hybridized carbons (Fsp3) is 0.214. The lowest BCUT2D eigenvalue weighted by Crippen LogP contribution is -2.15. The number of nitrogens with zero attached hydrogens (tertiary/aromatic N) is 1. The highest BCUT2D eigenvalue weighted by Gasteiger charge is 2.19. The first-order valence-corrected chi connectivity index (χ1v) is 8.60. The van der Waals surface area contributed by atoms with Crippen LogP contribution >= 0.6 is 15.9 Å². The van der Waals surface area contributed by atoms with Gasteiger partial charge in [-0.3, -0.25) is 9.71 Å². The van der Waals surface area contributed by atoms with Crippen LogP contribution < -0.4 is 4.72 Å². The van der Waals surface area contributed by atoms with Gasteiger partial charge in [0.15, 0.2) is 0 Å². The molecule has 0 saturated heterocycles. The number of aromatic nitrogens is 1. The number of halogens is 1. The molecule has 2 rings (SSSR count). The van der Waals surface area contributed by atoms with E-state index in [0.717, 1.165) is 0 Å². The van der Waals surface area contributed by atoms with Gasteiger partial charge in [-0.25, -0.2) is 8.42 Å². The Morgan fingerprint density at radius 2 is 2.10 bits per heavy atom. The average Bonchev–Trinajstić information content (AvgIpc) is 2.48. The molecule has 7 heteroatoms. The summed E-state index contributed by atoms with van der Waals surface area (Å²) in [6.45, 7) is 1.68. The Labute approximate surface area is 132 Å². The van der Waals surface area contributed by atoms with Crippen molar-refractivity contribution in [1.82, 2.24) is 4.98 Å². The minimum absolute atomic E-state index is 0.181. The van der Waals surface area contributed by atoms with Crippen molar-refractivity contribution >= 4 is 31.6 Å². The first-order chi connectivity index (χ1) is 9.97. The molecule has 0 bridgehead atoms. The van der Waals surface area contributed by atoms with Crippen LogP contribution in [0.5, 0.6) is 0 Å². The van der Waals surface area contributed by atoms with Crippen molar-refractivity contribution in [3.05, 3.63) is 52.3 Å². The van der Waals surface area contributed by atoms with Crippen molar-refractivity contribution in [1.29, 1.82) is 0 Å². The van der Waals surface area contributed by atoms with Crippen LogP contribution in [-0.2, 0) is 23.1 Å². The third-order valence-electron chi connectivity index (χ3n) is 3.00. The molecule has 2 N–H and O–H groups in total. The quantitative estimate of drug-likeness (QED) is 0.847. The van der Waals surface area contributed by atoms with E-state index in [0.29, 0.717) is 27.7 Å². The van der Waals surface area contributed by atoms with Crippen LogP contribution in [0.4, 0.5) is 5.69 Å². The molecule has 21 heavy (non-hydrogen) atoms. The fourth-order valence-electron chi connectivity index (χ4n) is 1.90. The Morgan fingerprint density at radius 1 is 1.33 bits per heavy atom. The van der Waals surface area contributed by atoms with E-state index in [1.807, 2.05) is 6.92 Å². The summed E-state index contributed by atoms with van der Waals surface area (Å²) in [5.74, 6) is 0. The second-order valence-electron chi connectivity index (χ2n) is 4.41. The first kappa shape index (κ1) is 15.9. The molecule has 0 aliphatic carbocycles. The number of hydrogen-bond donors (Lipinski definition) is 2. The molecular formula is C14H15BrN2O3S. The molecule has 0 radical (unpaired) electrons. The number of rotatable bonds is 5. The van der Waals surface area contributed by atoms with E-state index in [-0.39, 0.29) is 11.5 Å². The Morgan fingerprint density at radius 3 is 2.71 bits per heavy atom. The topological polar surface area (TPSA) is 79.3 Å². The lowest BCUT2D eigenvalue weighted by Gasteiger charge is -2.13. The van der Waals surface area contributed by atoms with E-state index >= 15 is 0 Å². The van der Waals surface area contributed by atoms with Crippen LogP contribution in [0.3, 0.4) is 0 Å². The van der Waals surface area contributed by atoms with E-state index in [1.165, 1.54) is 18.5 Å². The number of aryl methyl sites for hydroxylation is 1.